The fourth-order valence-electron chi connectivity index (χ4n) is 11.1. The molecule has 11 aromatic carbocycles. The minimum Gasteiger partial charge on any atom is -0.456 e. The molecule has 4 nitrogen and oxygen atoms in total. The fourth-order valence-corrected chi connectivity index (χ4v) is 11.1. The van der Waals surface area contributed by atoms with Gasteiger partial charge in [-0.3, -0.25) is 0 Å². The van der Waals surface area contributed by atoms with Crippen LogP contribution in [0.15, 0.2) is 224 Å². The molecule has 0 fully saturated rings. The molecular weight excluding hydrogens is 809 g/mol. The minimum absolute atomic E-state index is 0.833. The summed E-state index contributed by atoms with van der Waals surface area (Å²) in [5.74, 6) is 0. The van der Waals surface area contributed by atoms with Gasteiger partial charge in [0.2, 0.25) is 0 Å². The van der Waals surface area contributed by atoms with Crippen molar-refractivity contribution in [3.05, 3.63) is 206 Å². The zero-order valence-corrected chi connectivity index (χ0v) is 35.3. The van der Waals surface area contributed by atoms with Gasteiger partial charge in [0.1, 0.15) is 44.7 Å². The Bertz CT molecular complexity index is 4480. The van der Waals surface area contributed by atoms with Gasteiger partial charge in [0.15, 0.2) is 0 Å². The van der Waals surface area contributed by atoms with Gasteiger partial charge in [0, 0.05) is 65.3 Å². The van der Waals surface area contributed by atoms with E-state index < -0.39 is 0 Å². The molecule has 0 bridgehead atoms. The van der Waals surface area contributed by atoms with Crippen molar-refractivity contribution in [3.63, 3.8) is 0 Å². The Balaban J connectivity index is 1.01. The van der Waals surface area contributed by atoms with Crippen molar-refractivity contribution in [2.75, 3.05) is 0 Å². The van der Waals surface area contributed by atoms with E-state index in [0.717, 1.165) is 154 Å². The van der Waals surface area contributed by atoms with Crippen LogP contribution in [0, 0.1) is 0 Å². The Morgan fingerprint density at radius 1 is 0.212 bits per heavy atom. The van der Waals surface area contributed by atoms with E-state index in [-0.39, 0.29) is 0 Å². The van der Waals surface area contributed by atoms with Gasteiger partial charge in [-0.25, -0.2) is 0 Å². The van der Waals surface area contributed by atoms with Crippen LogP contribution in [0.3, 0.4) is 0 Å². The summed E-state index contributed by atoms with van der Waals surface area (Å²) in [5.41, 5.74) is 15.6. The lowest BCUT2D eigenvalue weighted by Crippen LogP contribution is -1.93. The number of hydrogen-bond donors (Lipinski definition) is 0. The molecule has 4 aromatic heterocycles. The molecular formula is C62H34O4. The summed E-state index contributed by atoms with van der Waals surface area (Å²) in [6.07, 6.45) is 0. The molecule has 0 radical (unpaired) electrons. The average molecular weight is 843 g/mol. The second kappa shape index (κ2) is 13.3. The van der Waals surface area contributed by atoms with E-state index >= 15 is 0 Å². The van der Waals surface area contributed by atoms with E-state index in [1.807, 2.05) is 30.3 Å². The number of furan rings is 4. The van der Waals surface area contributed by atoms with Crippen molar-refractivity contribution in [3.8, 4) is 44.5 Å². The van der Waals surface area contributed by atoms with Gasteiger partial charge in [0.05, 0.1) is 0 Å². The maximum absolute atomic E-state index is 7.02. The molecule has 0 aliphatic rings. The van der Waals surface area contributed by atoms with Crippen molar-refractivity contribution in [2.24, 2.45) is 0 Å². The normalized spacial score (nSPS) is 12.2. The van der Waals surface area contributed by atoms with E-state index in [1.165, 1.54) is 0 Å². The highest BCUT2D eigenvalue weighted by atomic mass is 16.3. The van der Waals surface area contributed by atoms with E-state index in [9.17, 15) is 0 Å². The number of benzene rings is 11. The first-order chi connectivity index (χ1) is 32.7. The quantitative estimate of drug-likeness (QED) is 0.166. The van der Waals surface area contributed by atoms with Gasteiger partial charge < -0.3 is 17.7 Å². The lowest BCUT2D eigenvalue weighted by atomic mass is 9.83. The number of fused-ring (bicyclic) bond motifs is 14. The van der Waals surface area contributed by atoms with Crippen molar-refractivity contribution >= 4 is 109 Å². The number of para-hydroxylation sites is 5. The van der Waals surface area contributed by atoms with Crippen LogP contribution in [0.4, 0.5) is 0 Å². The summed E-state index contributed by atoms with van der Waals surface area (Å²) < 4.78 is 26.8. The first kappa shape index (κ1) is 35.6. The Labute approximate surface area is 376 Å². The molecule has 15 aromatic rings. The molecule has 4 heteroatoms. The zero-order valence-electron chi connectivity index (χ0n) is 35.3. The van der Waals surface area contributed by atoms with Crippen LogP contribution in [0.1, 0.15) is 0 Å². The standard InChI is InChI=1S/C62H34O4/c1-3-18-41-39(16-1)56(48-31-30-45(61-59(48)47-21-8-12-27-54(47)65-61)44-23-13-22-43-37-14-5-10-25-52(37)64-60(43)44)40-17-2-4-19-42(40)57(41)49-32-29-36(58-46-20-7-11-26-53(46)66-62(49)58)35-28-33-55-50(34-35)38-15-6-9-24-51(38)63-55/h1-34H. The van der Waals surface area contributed by atoms with Crippen molar-refractivity contribution in [1.29, 1.82) is 0 Å². The predicted molar refractivity (Wildman–Crippen MR) is 272 cm³/mol. The minimum atomic E-state index is 0.833. The molecule has 0 aliphatic carbocycles. The second-order valence-electron chi connectivity index (χ2n) is 17.4. The van der Waals surface area contributed by atoms with Gasteiger partial charge in [-0.1, -0.05) is 158 Å². The Morgan fingerprint density at radius 2 is 0.606 bits per heavy atom. The van der Waals surface area contributed by atoms with Crippen molar-refractivity contribution in [1.82, 2.24) is 0 Å². The SMILES string of the molecule is c1ccc2c(c1)oc1ccc(-c3ccc(-c4c5ccccc5c(-c5ccc(-c6cccc7c6oc6ccccc67)c6oc7ccccc7c56)c5ccccc45)c4oc5ccccc5c34)cc12. The zero-order chi connectivity index (χ0) is 43.0. The van der Waals surface area contributed by atoms with Gasteiger partial charge in [-0.15, -0.1) is 0 Å². The number of rotatable bonds is 4. The molecule has 4 heterocycles. The Kier molecular flexibility index (Phi) is 7.19. The third-order valence-electron chi connectivity index (χ3n) is 13.9. The Hall–Kier alpha value is -8.86. The maximum atomic E-state index is 7.02. The molecule has 0 unspecified atom stereocenters. The molecule has 15 rings (SSSR count). The molecule has 0 aliphatic heterocycles. The average Bonchev–Trinajstić information content (AvgIpc) is 4.16. The van der Waals surface area contributed by atoms with Crippen LogP contribution in [0.25, 0.3) is 154 Å². The Morgan fingerprint density at radius 3 is 1.24 bits per heavy atom. The lowest BCUT2D eigenvalue weighted by molar-refractivity contribution is 0.665. The largest absolute Gasteiger partial charge is 0.456 e. The van der Waals surface area contributed by atoms with Crippen LogP contribution in [0.2, 0.25) is 0 Å². The van der Waals surface area contributed by atoms with Gasteiger partial charge >= 0.3 is 0 Å². The van der Waals surface area contributed by atoms with E-state index in [0.29, 0.717) is 0 Å². The van der Waals surface area contributed by atoms with Crippen LogP contribution in [0.5, 0.6) is 0 Å². The van der Waals surface area contributed by atoms with E-state index in [4.69, 9.17) is 17.7 Å². The smallest absolute Gasteiger partial charge is 0.144 e. The molecule has 0 spiro atoms. The van der Waals surface area contributed by atoms with Gasteiger partial charge in [-0.2, -0.15) is 0 Å². The van der Waals surface area contributed by atoms with E-state index in [1.54, 1.807) is 0 Å². The second-order valence-corrected chi connectivity index (χ2v) is 17.4. The van der Waals surface area contributed by atoms with Crippen molar-refractivity contribution < 1.29 is 17.7 Å². The molecule has 0 amide bonds. The fraction of sp³-hybridized carbons (Fsp3) is 0. The maximum Gasteiger partial charge on any atom is 0.144 e. The van der Waals surface area contributed by atoms with Crippen LogP contribution in [-0.4, -0.2) is 0 Å². The third kappa shape index (κ3) is 4.87. The van der Waals surface area contributed by atoms with Crippen LogP contribution < -0.4 is 0 Å². The summed E-state index contributed by atoms with van der Waals surface area (Å²) in [4.78, 5) is 0. The van der Waals surface area contributed by atoms with Gasteiger partial charge in [0.25, 0.3) is 0 Å². The molecule has 0 saturated heterocycles. The van der Waals surface area contributed by atoms with Gasteiger partial charge in [-0.05, 0) is 92.3 Å². The van der Waals surface area contributed by atoms with Crippen LogP contribution >= 0.6 is 0 Å². The van der Waals surface area contributed by atoms with Crippen molar-refractivity contribution in [2.45, 2.75) is 0 Å². The third-order valence-corrected chi connectivity index (χ3v) is 13.9. The number of hydrogen-bond acceptors (Lipinski definition) is 4. The first-order valence-corrected chi connectivity index (χ1v) is 22.4. The molecule has 0 N–H and O–H groups in total. The van der Waals surface area contributed by atoms with Crippen LogP contribution in [-0.2, 0) is 0 Å². The predicted octanol–water partition coefficient (Wildman–Crippen LogP) is 18.3. The monoisotopic (exact) mass is 842 g/mol. The summed E-state index contributed by atoms with van der Waals surface area (Å²) in [6.45, 7) is 0. The summed E-state index contributed by atoms with van der Waals surface area (Å²) in [6, 6.07) is 73.0. The first-order valence-electron chi connectivity index (χ1n) is 22.4. The summed E-state index contributed by atoms with van der Waals surface area (Å²) in [5, 5.41) is 13.3. The van der Waals surface area contributed by atoms with E-state index in [2.05, 4.69) is 176 Å². The lowest BCUT2D eigenvalue weighted by Gasteiger charge is -2.19. The molecule has 0 saturated carbocycles. The molecule has 0 atom stereocenters. The molecule has 66 heavy (non-hydrogen) atoms. The highest BCUT2D eigenvalue weighted by molar-refractivity contribution is 6.29. The molecule has 306 valence electrons. The summed E-state index contributed by atoms with van der Waals surface area (Å²) >= 11 is 0. The highest BCUT2D eigenvalue weighted by Gasteiger charge is 2.26. The highest BCUT2D eigenvalue weighted by Crippen LogP contribution is 2.52. The summed E-state index contributed by atoms with van der Waals surface area (Å²) in [7, 11) is 0. The topological polar surface area (TPSA) is 52.6 Å².